The monoisotopic (exact) mass is 274 g/mol. The van der Waals surface area contributed by atoms with Gasteiger partial charge in [0, 0.05) is 0 Å². The molecule has 0 saturated heterocycles. The molecule has 6 nitrogen and oxygen atoms in total. The van der Waals surface area contributed by atoms with Crippen LogP contribution in [0.3, 0.4) is 0 Å². The predicted octanol–water partition coefficient (Wildman–Crippen LogP) is 1.46. The van der Waals surface area contributed by atoms with E-state index in [9.17, 15) is 14.4 Å². The zero-order valence-electron chi connectivity index (χ0n) is 12.3. The van der Waals surface area contributed by atoms with E-state index in [0.717, 1.165) is 0 Å². The quantitative estimate of drug-likeness (QED) is 0.414. The third-order valence-electron chi connectivity index (χ3n) is 1.76. The van der Waals surface area contributed by atoms with E-state index in [1.165, 1.54) is 0 Å². The molecular formula is C13H22O6. The molecule has 0 aliphatic carbocycles. The van der Waals surface area contributed by atoms with E-state index in [2.05, 4.69) is 0 Å². The van der Waals surface area contributed by atoms with Gasteiger partial charge < -0.3 is 14.2 Å². The second-order valence-electron chi connectivity index (χ2n) is 4.89. The van der Waals surface area contributed by atoms with E-state index in [-0.39, 0.29) is 0 Å². The second kappa shape index (κ2) is 7.76. The SMILES string of the molecule is CC(C)OC(=O)C(C(=O)OC(C)C)C(=O)OC(C)C. The Morgan fingerprint density at radius 3 is 0.947 bits per heavy atom. The Kier molecular flexibility index (Phi) is 7.11. The van der Waals surface area contributed by atoms with Gasteiger partial charge in [-0.25, -0.2) is 0 Å². The molecular weight excluding hydrogens is 252 g/mol. The summed E-state index contributed by atoms with van der Waals surface area (Å²) in [5.41, 5.74) is 0. The van der Waals surface area contributed by atoms with Gasteiger partial charge in [0.2, 0.25) is 0 Å². The van der Waals surface area contributed by atoms with Crippen molar-refractivity contribution < 1.29 is 28.6 Å². The fraction of sp³-hybridized carbons (Fsp3) is 0.769. The van der Waals surface area contributed by atoms with Gasteiger partial charge in [-0.1, -0.05) is 0 Å². The Hall–Kier alpha value is -1.59. The average molecular weight is 274 g/mol. The standard InChI is InChI=1S/C13H22O6/c1-7(2)17-11(14)10(12(15)18-8(3)4)13(16)19-9(5)6/h7-10H,1-6H3. The molecule has 19 heavy (non-hydrogen) atoms. The molecule has 0 atom stereocenters. The first-order chi connectivity index (χ1) is 8.65. The van der Waals surface area contributed by atoms with Crippen molar-refractivity contribution in [2.45, 2.75) is 59.9 Å². The number of hydrogen-bond acceptors (Lipinski definition) is 6. The Labute approximate surface area is 113 Å². The molecule has 0 aliphatic heterocycles. The normalized spacial score (nSPS) is 11.1. The summed E-state index contributed by atoms with van der Waals surface area (Å²) in [5, 5.41) is 0. The van der Waals surface area contributed by atoms with E-state index < -0.39 is 42.1 Å². The van der Waals surface area contributed by atoms with Crippen LogP contribution in [0.4, 0.5) is 0 Å². The zero-order chi connectivity index (χ0) is 15.2. The smallest absolute Gasteiger partial charge is 0.332 e. The maximum absolute atomic E-state index is 11.8. The summed E-state index contributed by atoms with van der Waals surface area (Å²) in [5.74, 6) is -4.55. The molecule has 110 valence electrons. The average Bonchev–Trinajstić information content (AvgIpc) is 2.12. The van der Waals surface area contributed by atoms with Crippen LogP contribution in [0.5, 0.6) is 0 Å². The topological polar surface area (TPSA) is 78.9 Å². The fourth-order valence-corrected chi connectivity index (χ4v) is 1.19. The molecule has 0 radical (unpaired) electrons. The summed E-state index contributed by atoms with van der Waals surface area (Å²) >= 11 is 0. The maximum Gasteiger partial charge on any atom is 0.332 e. The summed E-state index contributed by atoms with van der Waals surface area (Å²) in [4.78, 5) is 35.3. The van der Waals surface area contributed by atoms with Crippen LogP contribution in [0, 0.1) is 5.92 Å². The lowest BCUT2D eigenvalue weighted by Gasteiger charge is -2.18. The van der Waals surface area contributed by atoms with Gasteiger partial charge in [0.1, 0.15) is 0 Å². The van der Waals surface area contributed by atoms with Gasteiger partial charge in [0.25, 0.3) is 5.92 Å². The predicted molar refractivity (Wildman–Crippen MR) is 67.2 cm³/mol. The van der Waals surface area contributed by atoms with Crippen LogP contribution in [-0.2, 0) is 28.6 Å². The molecule has 0 N–H and O–H groups in total. The second-order valence-corrected chi connectivity index (χ2v) is 4.89. The van der Waals surface area contributed by atoms with Gasteiger partial charge >= 0.3 is 17.9 Å². The Morgan fingerprint density at radius 1 is 0.579 bits per heavy atom. The molecule has 0 aromatic carbocycles. The molecule has 0 aromatic heterocycles. The molecule has 0 amide bonds. The van der Waals surface area contributed by atoms with Crippen LogP contribution in [0.15, 0.2) is 0 Å². The Bertz CT molecular complexity index is 280. The Morgan fingerprint density at radius 2 is 0.789 bits per heavy atom. The number of rotatable bonds is 6. The van der Waals surface area contributed by atoms with E-state index >= 15 is 0 Å². The highest BCUT2D eigenvalue weighted by molar-refractivity contribution is 6.12. The molecule has 0 rings (SSSR count). The van der Waals surface area contributed by atoms with Crippen molar-refractivity contribution in [2.24, 2.45) is 5.92 Å². The van der Waals surface area contributed by atoms with E-state index in [4.69, 9.17) is 14.2 Å². The summed E-state index contributed by atoms with van der Waals surface area (Å²) in [6.45, 7) is 9.73. The first-order valence-electron chi connectivity index (χ1n) is 6.26. The number of hydrogen-bond donors (Lipinski definition) is 0. The van der Waals surface area contributed by atoms with Crippen molar-refractivity contribution in [3.63, 3.8) is 0 Å². The van der Waals surface area contributed by atoms with E-state index in [1.54, 1.807) is 41.5 Å². The third kappa shape index (κ3) is 6.79. The van der Waals surface area contributed by atoms with E-state index in [0.29, 0.717) is 0 Å². The molecule has 0 fully saturated rings. The van der Waals surface area contributed by atoms with Crippen molar-refractivity contribution in [3.8, 4) is 0 Å². The van der Waals surface area contributed by atoms with Crippen LogP contribution >= 0.6 is 0 Å². The minimum absolute atomic E-state index is 0.436. The molecule has 0 aliphatic rings. The highest BCUT2D eigenvalue weighted by Gasteiger charge is 2.40. The van der Waals surface area contributed by atoms with Crippen LogP contribution in [0.2, 0.25) is 0 Å². The summed E-state index contributed by atoms with van der Waals surface area (Å²) in [7, 11) is 0. The largest absolute Gasteiger partial charge is 0.462 e. The lowest BCUT2D eigenvalue weighted by atomic mass is 10.1. The minimum Gasteiger partial charge on any atom is -0.462 e. The van der Waals surface area contributed by atoms with Crippen molar-refractivity contribution in [1.82, 2.24) is 0 Å². The number of carbonyl (C=O) groups excluding carboxylic acids is 3. The van der Waals surface area contributed by atoms with Crippen molar-refractivity contribution in [3.05, 3.63) is 0 Å². The van der Waals surface area contributed by atoms with E-state index in [1.807, 2.05) is 0 Å². The lowest BCUT2D eigenvalue weighted by Crippen LogP contribution is -2.38. The first-order valence-corrected chi connectivity index (χ1v) is 6.26. The molecule has 6 heteroatoms. The number of esters is 3. The van der Waals surface area contributed by atoms with Gasteiger partial charge in [-0.05, 0) is 41.5 Å². The van der Waals surface area contributed by atoms with Crippen LogP contribution in [0.1, 0.15) is 41.5 Å². The van der Waals surface area contributed by atoms with Gasteiger partial charge in [-0.3, -0.25) is 14.4 Å². The van der Waals surface area contributed by atoms with Crippen LogP contribution in [-0.4, -0.2) is 36.2 Å². The minimum atomic E-state index is -1.69. The summed E-state index contributed by atoms with van der Waals surface area (Å²) in [6, 6.07) is 0. The molecule has 0 spiro atoms. The summed E-state index contributed by atoms with van der Waals surface area (Å²) in [6.07, 6.45) is -1.31. The lowest BCUT2D eigenvalue weighted by molar-refractivity contribution is -0.176. The van der Waals surface area contributed by atoms with Crippen molar-refractivity contribution in [1.29, 1.82) is 0 Å². The maximum atomic E-state index is 11.8. The van der Waals surface area contributed by atoms with Gasteiger partial charge in [-0.2, -0.15) is 0 Å². The van der Waals surface area contributed by atoms with Crippen molar-refractivity contribution >= 4 is 17.9 Å². The van der Waals surface area contributed by atoms with Crippen molar-refractivity contribution in [2.75, 3.05) is 0 Å². The first kappa shape index (κ1) is 17.4. The van der Waals surface area contributed by atoms with Crippen LogP contribution < -0.4 is 0 Å². The Balaban J connectivity index is 4.97. The molecule has 0 bridgehead atoms. The zero-order valence-corrected chi connectivity index (χ0v) is 12.3. The summed E-state index contributed by atoms with van der Waals surface area (Å²) < 4.78 is 14.6. The van der Waals surface area contributed by atoms with Gasteiger partial charge in [0.15, 0.2) is 0 Å². The molecule has 0 unspecified atom stereocenters. The third-order valence-corrected chi connectivity index (χ3v) is 1.76. The number of ether oxygens (including phenoxy) is 3. The number of carbonyl (C=O) groups is 3. The molecule has 0 aromatic rings. The molecule has 0 heterocycles. The van der Waals surface area contributed by atoms with Crippen LogP contribution in [0.25, 0.3) is 0 Å². The van der Waals surface area contributed by atoms with Gasteiger partial charge in [0.05, 0.1) is 18.3 Å². The highest BCUT2D eigenvalue weighted by atomic mass is 16.6. The highest BCUT2D eigenvalue weighted by Crippen LogP contribution is 2.11. The van der Waals surface area contributed by atoms with Gasteiger partial charge in [-0.15, -0.1) is 0 Å². The fourth-order valence-electron chi connectivity index (χ4n) is 1.19. The molecule has 0 saturated carbocycles.